The molecular formula is C12H15ClN6O2. The minimum Gasteiger partial charge on any atom is -0.385 e. The molecule has 2 aromatic heterocycles. The van der Waals surface area contributed by atoms with Crippen molar-refractivity contribution in [2.24, 2.45) is 0 Å². The molecule has 2 aromatic rings. The second-order valence-electron chi connectivity index (χ2n) is 4.90. The number of nitrogens with one attached hydrogen (secondary N) is 1. The van der Waals surface area contributed by atoms with Crippen molar-refractivity contribution in [3.63, 3.8) is 0 Å². The van der Waals surface area contributed by atoms with Crippen LogP contribution in [0.4, 0.5) is 5.95 Å². The third-order valence-electron chi connectivity index (χ3n) is 3.52. The molecule has 1 aliphatic heterocycles. The van der Waals surface area contributed by atoms with Crippen LogP contribution in [-0.2, 0) is 4.74 Å². The average molecular weight is 311 g/mol. The molecule has 21 heavy (non-hydrogen) atoms. The molecule has 9 heteroatoms. The Morgan fingerprint density at radius 3 is 3.05 bits per heavy atom. The van der Waals surface area contributed by atoms with E-state index in [-0.39, 0.29) is 23.9 Å². The summed E-state index contributed by atoms with van der Waals surface area (Å²) in [6.45, 7) is 2.65. The molecule has 1 saturated heterocycles. The zero-order valence-corrected chi connectivity index (χ0v) is 12.2. The standard InChI is InChI=1S/C12H15ClN6O2/c1-8-12(20,3-6-21-8)7-14-10-16-9(13)17-11(18-10)19-5-2-4-15-19/h2,4-5,8,20H,3,6-7H2,1H3,(H,14,16,17,18). The normalized spacial score (nSPS) is 25.2. The second kappa shape index (κ2) is 5.55. The zero-order valence-electron chi connectivity index (χ0n) is 11.4. The molecule has 0 radical (unpaired) electrons. The first kappa shape index (κ1) is 14.2. The quantitative estimate of drug-likeness (QED) is 0.856. The molecule has 1 aliphatic rings. The van der Waals surface area contributed by atoms with E-state index >= 15 is 0 Å². The fourth-order valence-corrected chi connectivity index (χ4v) is 2.30. The van der Waals surface area contributed by atoms with E-state index in [0.717, 1.165) is 0 Å². The van der Waals surface area contributed by atoms with Gasteiger partial charge in [-0.2, -0.15) is 20.1 Å². The Hall–Kier alpha value is -1.77. The van der Waals surface area contributed by atoms with E-state index < -0.39 is 5.60 Å². The SMILES string of the molecule is CC1OCCC1(O)CNc1nc(Cl)nc(-n2cccn2)n1. The van der Waals surface area contributed by atoms with Gasteiger partial charge in [0.05, 0.1) is 6.10 Å². The largest absolute Gasteiger partial charge is 0.385 e. The molecule has 0 aliphatic carbocycles. The summed E-state index contributed by atoms with van der Waals surface area (Å²) in [5.74, 6) is 0.596. The Bertz CT molecular complexity index is 622. The smallest absolute Gasteiger partial charge is 0.256 e. The fraction of sp³-hybridized carbons (Fsp3) is 0.500. The molecule has 2 N–H and O–H groups in total. The van der Waals surface area contributed by atoms with E-state index in [4.69, 9.17) is 16.3 Å². The van der Waals surface area contributed by atoms with Crippen LogP contribution < -0.4 is 5.32 Å². The monoisotopic (exact) mass is 310 g/mol. The molecule has 3 rings (SSSR count). The molecule has 8 nitrogen and oxygen atoms in total. The Balaban J connectivity index is 1.77. The third kappa shape index (κ3) is 2.97. The van der Waals surface area contributed by atoms with Crippen LogP contribution in [0.1, 0.15) is 13.3 Å². The van der Waals surface area contributed by atoms with Crippen molar-refractivity contribution in [2.45, 2.75) is 25.0 Å². The lowest BCUT2D eigenvalue weighted by Crippen LogP contribution is -2.43. The lowest BCUT2D eigenvalue weighted by atomic mass is 9.97. The molecule has 0 bridgehead atoms. The van der Waals surface area contributed by atoms with Gasteiger partial charge in [-0.05, 0) is 24.6 Å². The summed E-state index contributed by atoms with van der Waals surface area (Å²) in [4.78, 5) is 12.2. The van der Waals surface area contributed by atoms with Crippen LogP contribution in [0.25, 0.3) is 5.95 Å². The summed E-state index contributed by atoms with van der Waals surface area (Å²) < 4.78 is 6.86. The van der Waals surface area contributed by atoms with Crippen LogP contribution in [0.3, 0.4) is 0 Å². The molecule has 0 spiro atoms. The van der Waals surface area contributed by atoms with E-state index in [1.807, 2.05) is 6.92 Å². The van der Waals surface area contributed by atoms with Gasteiger partial charge in [0.1, 0.15) is 5.60 Å². The zero-order chi connectivity index (χ0) is 14.9. The van der Waals surface area contributed by atoms with Gasteiger partial charge in [-0.1, -0.05) is 0 Å². The van der Waals surface area contributed by atoms with E-state index in [1.54, 1.807) is 18.5 Å². The fourth-order valence-electron chi connectivity index (χ4n) is 2.14. The highest BCUT2D eigenvalue weighted by Gasteiger charge is 2.39. The topological polar surface area (TPSA) is 98.0 Å². The highest BCUT2D eigenvalue weighted by molar-refractivity contribution is 6.28. The Labute approximate surface area is 126 Å². The van der Waals surface area contributed by atoms with Crippen molar-refractivity contribution in [3.8, 4) is 5.95 Å². The molecule has 0 saturated carbocycles. The van der Waals surface area contributed by atoms with Gasteiger partial charge < -0.3 is 15.2 Å². The van der Waals surface area contributed by atoms with Crippen LogP contribution in [-0.4, -0.2) is 54.7 Å². The van der Waals surface area contributed by atoms with Crippen molar-refractivity contribution in [1.29, 1.82) is 0 Å². The molecule has 2 unspecified atom stereocenters. The van der Waals surface area contributed by atoms with Crippen LogP contribution in [0.15, 0.2) is 18.5 Å². The Kier molecular flexibility index (Phi) is 3.75. The van der Waals surface area contributed by atoms with Crippen LogP contribution >= 0.6 is 11.6 Å². The number of aromatic nitrogens is 5. The first-order valence-corrected chi connectivity index (χ1v) is 6.94. The number of anilines is 1. The molecule has 0 amide bonds. The lowest BCUT2D eigenvalue weighted by Gasteiger charge is -2.26. The van der Waals surface area contributed by atoms with Crippen LogP contribution in [0.5, 0.6) is 0 Å². The minimum atomic E-state index is -0.940. The maximum Gasteiger partial charge on any atom is 0.256 e. The van der Waals surface area contributed by atoms with Gasteiger partial charge in [-0.25, -0.2) is 4.68 Å². The lowest BCUT2D eigenvalue weighted by molar-refractivity contribution is -0.0176. The maximum absolute atomic E-state index is 10.4. The molecule has 112 valence electrons. The summed E-state index contributed by atoms with van der Waals surface area (Å²) in [6, 6.07) is 1.76. The number of halogens is 1. The molecule has 1 fully saturated rings. The predicted octanol–water partition coefficient (Wildman–Crippen LogP) is 0.662. The Morgan fingerprint density at radius 2 is 2.38 bits per heavy atom. The number of rotatable bonds is 4. The molecule has 3 heterocycles. The van der Waals surface area contributed by atoms with E-state index in [2.05, 4.69) is 25.4 Å². The molecule has 0 aromatic carbocycles. The van der Waals surface area contributed by atoms with Crippen LogP contribution in [0.2, 0.25) is 5.28 Å². The number of nitrogens with zero attached hydrogens (tertiary/aromatic N) is 5. The van der Waals surface area contributed by atoms with Crippen molar-refractivity contribution >= 4 is 17.5 Å². The van der Waals surface area contributed by atoms with Crippen molar-refractivity contribution in [1.82, 2.24) is 24.7 Å². The van der Waals surface area contributed by atoms with E-state index in [1.165, 1.54) is 4.68 Å². The van der Waals surface area contributed by atoms with Gasteiger partial charge in [-0.15, -0.1) is 0 Å². The summed E-state index contributed by atoms with van der Waals surface area (Å²) in [7, 11) is 0. The number of ether oxygens (including phenoxy) is 1. The van der Waals surface area contributed by atoms with Crippen molar-refractivity contribution in [2.75, 3.05) is 18.5 Å². The van der Waals surface area contributed by atoms with Crippen molar-refractivity contribution < 1.29 is 9.84 Å². The average Bonchev–Trinajstić information content (AvgIpc) is 3.08. The predicted molar refractivity (Wildman–Crippen MR) is 75.4 cm³/mol. The molecule has 2 atom stereocenters. The highest BCUT2D eigenvalue weighted by Crippen LogP contribution is 2.25. The highest BCUT2D eigenvalue weighted by atomic mass is 35.5. The van der Waals surface area contributed by atoms with Gasteiger partial charge in [0.2, 0.25) is 11.2 Å². The number of hydrogen-bond donors (Lipinski definition) is 2. The summed E-state index contributed by atoms with van der Waals surface area (Å²) in [5.41, 5.74) is -0.940. The third-order valence-corrected chi connectivity index (χ3v) is 3.69. The van der Waals surface area contributed by atoms with E-state index in [9.17, 15) is 5.11 Å². The second-order valence-corrected chi connectivity index (χ2v) is 5.24. The molecular weight excluding hydrogens is 296 g/mol. The van der Waals surface area contributed by atoms with Crippen LogP contribution in [0, 0.1) is 0 Å². The number of hydrogen-bond acceptors (Lipinski definition) is 7. The minimum absolute atomic E-state index is 0.0562. The maximum atomic E-state index is 10.4. The summed E-state index contributed by atoms with van der Waals surface area (Å²) in [5, 5.41) is 17.5. The first-order chi connectivity index (χ1) is 10.1. The first-order valence-electron chi connectivity index (χ1n) is 6.56. The van der Waals surface area contributed by atoms with E-state index in [0.29, 0.717) is 19.0 Å². The van der Waals surface area contributed by atoms with Gasteiger partial charge in [-0.3, -0.25) is 0 Å². The van der Waals surface area contributed by atoms with Gasteiger partial charge in [0.15, 0.2) is 0 Å². The summed E-state index contributed by atoms with van der Waals surface area (Å²) in [6.07, 6.45) is 3.64. The van der Waals surface area contributed by atoms with Gasteiger partial charge >= 0.3 is 0 Å². The van der Waals surface area contributed by atoms with Gasteiger partial charge in [0.25, 0.3) is 5.95 Å². The van der Waals surface area contributed by atoms with Crippen molar-refractivity contribution in [3.05, 3.63) is 23.7 Å². The summed E-state index contributed by atoms with van der Waals surface area (Å²) >= 11 is 5.90. The Morgan fingerprint density at radius 1 is 1.52 bits per heavy atom. The van der Waals surface area contributed by atoms with Gasteiger partial charge in [0, 0.05) is 32.0 Å². The number of aliphatic hydroxyl groups is 1.